The fourth-order valence-electron chi connectivity index (χ4n) is 2.51. The Morgan fingerprint density at radius 3 is 2.14 bits per heavy atom. The minimum absolute atomic E-state index is 0.0104. The standard InChI is InChI=1S/C16H8O6/c17-13-9-2-1-3-10(16(21)22)12(9)14(18)8-5-4-7(15(19)20)6-11(8)13/h1-6H,(H,19,20)(H,21,22). The van der Waals surface area contributed by atoms with E-state index in [4.69, 9.17) is 10.2 Å². The smallest absolute Gasteiger partial charge is 0.336 e. The third kappa shape index (κ3) is 1.81. The average Bonchev–Trinajstić information content (AvgIpc) is 2.51. The topological polar surface area (TPSA) is 109 Å². The summed E-state index contributed by atoms with van der Waals surface area (Å²) in [7, 11) is 0. The molecule has 2 N–H and O–H groups in total. The van der Waals surface area contributed by atoms with Crippen LogP contribution in [0.2, 0.25) is 0 Å². The van der Waals surface area contributed by atoms with Crippen molar-refractivity contribution in [3.8, 4) is 0 Å². The summed E-state index contributed by atoms with van der Waals surface area (Å²) in [5.41, 5.74) is -0.562. The third-order valence-electron chi connectivity index (χ3n) is 3.52. The molecule has 0 saturated heterocycles. The molecule has 0 spiro atoms. The van der Waals surface area contributed by atoms with Crippen LogP contribution in [0.15, 0.2) is 36.4 Å². The number of rotatable bonds is 2. The van der Waals surface area contributed by atoms with Crippen molar-refractivity contribution < 1.29 is 29.4 Å². The monoisotopic (exact) mass is 296 g/mol. The van der Waals surface area contributed by atoms with Crippen LogP contribution in [0.4, 0.5) is 0 Å². The lowest BCUT2D eigenvalue weighted by Crippen LogP contribution is -2.24. The molecule has 0 atom stereocenters. The van der Waals surface area contributed by atoms with E-state index in [2.05, 4.69) is 0 Å². The number of ketones is 2. The predicted octanol–water partition coefficient (Wildman–Crippen LogP) is 1.86. The molecule has 0 unspecified atom stereocenters. The van der Waals surface area contributed by atoms with E-state index in [0.29, 0.717) is 0 Å². The fourth-order valence-corrected chi connectivity index (χ4v) is 2.51. The number of aromatic carboxylic acids is 2. The van der Waals surface area contributed by atoms with Gasteiger partial charge in [0.1, 0.15) is 0 Å². The van der Waals surface area contributed by atoms with Gasteiger partial charge >= 0.3 is 11.9 Å². The lowest BCUT2D eigenvalue weighted by molar-refractivity contribution is 0.0685. The highest BCUT2D eigenvalue weighted by molar-refractivity contribution is 6.30. The molecular formula is C16H8O6. The van der Waals surface area contributed by atoms with Gasteiger partial charge in [-0.15, -0.1) is 0 Å². The molecule has 6 nitrogen and oxygen atoms in total. The highest BCUT2D eigenvalue weighted by atomic mass is 16.4. The molecule has 108 valence electrons. The maximum Gasteiger partial charge on any atom is 0.336 e. The molecule has 0 bridgehead atoms. The quantitative estimate of drug-likeness (QED) is 0.747. The van der Waals surface area contributed by atoms with Crippen LogP contribution >= 0.6 is 0 Å². The van der Waals surface area contributed by atoms with Gasteiger partial charge in [-0.05, 0) is 24.3 Å². The van der Waals surface area contributed by atoms with Gasteiger partial charge in [-0.2, -0.15) is 0 Å². The van der Waals surface area contributed by atoms with Crippen LogP contribution in [0, 0.1) is 0 Å². The number of benzene rings is 2. The summed E-state index contributed by atoms with van der Waals surface area (Å²) in [6.45, 7) is 0. The summed E-state index contributed by atoms with van der Waals surface area (Å²) < 4.78 is 0. The van der Waals surface area contributed by atoms with Crippen LogP contribution < -0.4 is 0 Å². The summed E-state index contributed by atoms with van der Waals surface area (Å²) in [5, 5.41) is 18.1. The summed E-state index contributed by atoms with van der Waals surface area (Å²) in [5.74, 6) is -3.67. The van der Waals surface area contributed by atoms with Crippen molar-refractivity contribution in [2.45, 2.75) is 0 Å². The molecule has 0 saturated carbocycles. The molecule has 0 aliphatic heterocycles. The second kappa shape index (κ2) is 4.63. The average molecular weight is 296 g/mol. The predicted molar refractivity (Wildman–Crippen MR) is 73.7 cm³/mol. The van der Waals surface area contributed by atoms with Crippen molar-refractivity contribution in [1.29, 1.82) is 0 Å². The number of fused-ring (bicyclic) bond motifs is 2. The SMILES string of the molecule is O=C(O)c1ccc2c(c1)C(=O)c1cccc(C(=O)O)c1C2=O. The van der Waals surface area contributed by atoms with Gasteiger partial charge in [-0.25, -0.2) is 9.59 Å². The first-order valence-corrected chi connectivity index (χ1v) is 6.25. The van der Waals surface area contributed by atoms with Crippen molar-refractivity contribution in [2.75, 3.05) is 0 Å². The van der Waals surface area contributed by atoms with Crippen molar-refractivity contribution in [2.24, 2.45) is 0 Å². The second-order valence-electron chi connectivity index (χ2n) is 4.76. The highest BCUT2D eigenvalue weighted by Gasteiger charge is 2.33. The first kappa shape index (κ1) is 13.7. The maximum atomic E-state index is 12.5. The van der Waals surface area contributed by atoms with Crippen molar-refractivity contribution in [3.63, 3.8) is 0 Å². The van der Waals surface area contributed by atoms with Crippen LogP contribution in [-0.2, 0) is 0 Å². The Morgan fingerprint density at radius 1 is 0.773 bits per heavy atom. The minimum Gasteiger partial charge on any atom is -0.478 e. The molecule has 1 aliphatic rings. The Hall–Kier alpha value is -3.28. The Morgan fingerprint density at radius 2 is 1.50 bits per heavy atom. The van der Waals surface area contributed by atoms with Crippen LogP contribution in [0.25, 0.3) is 0 Å². The molecule has 22 heavy (non-hydrogen) atoms. The fraction of sp³-hybridized carbons (Fsp3) is 0. The van der Waals surface area contributed by atoms with Crippen LogP contribution in [0.1, 0.15) is 52.6 Å². The van der Waals surface area contributed by atoms with Crippen molar-refractivity contribution >= 4 is 23.5 Å². The molecule has 1 aliphatic carbocycles. The first-order valence-electron chi connectivity index (χ1n) is 6.25. The normalized spacial score (nSPS) is 12.5. The molecule has 0 amide bonds. The number of hydrogen-bond donors (Lipinski definition) is 2. The molecule has 2 aromatic rings. The molecule has 0 aromatic heterocycles. The van der Waals surface area contributed by atoms with Gasteiger partial charge in [0, 0.05) is 22.3 Å². The highest BCUT2D eigenvalue weighted by Crippen LogP contribution is 2.30. The van der Waals surface area contributed by atoms with E-state index in [1.807, 2.05) is 0 Å². The molecule has 3 rings (SSSR count). The summed E-state index contributed by atoms with van der Waals surface area (Å²) in [4.78, 5) is 47.2. The van der Waals surface area contributed by atoms with Gasteiger partial charge in [0.25, 0.3) is 0 Å². The third-order valence-corrected chi connectivity index (χ3v) is 3.52. The second-order valence-corrected chi connectivity index (χ2v) is 4.76. The van der Waals surface area contributed by atoms with Crippen molar-refractivity contribution in [1.82, 2.24) is 0 Å². The Balaban J connectivity index is 2.30. The number of carbonyl (C=O) groups is 4. The van der Waals surface area contributed by atoms with E-state index < -0.39 is 23.5 Å². The van der Waals surface area contributed by atoms with Crippen LogP contribution in [-0.4, -0.2) is 33.7 Å². The van der Waals surface area contributed by atoms with Crippen LogP contribution in [0.5, 0.6) is 0 Å². The number of carbonyl (C=O) groups excluding carboxylic acids is 2. The largest absolute Gasteiger partial charge is 0.478 e. The van der Waals surface area contributed by atoms with Crippen LogP contribution in [0.3, 0.4) is 0 Å². The lowest BCUT2D eigenvalue weighted by atomic mass is 9.81. The van der Waals surface area contributed by atoms with Gasteiger partial charge in [0.2, 0.25) is 0 Å². The first-order chi connectivity index (χ1) is 10.4. The summed E-state index contributed by atoms with van der Waals surface area (Å²) >= 11 is 0. The zero-order valence-corrected chi connectivity index (χ0v) is 11.0. The number of carboxylic acids is 2. The Kier molecular flexibility index (Phi) is 2.88. The molecular weight excluding hydrogens is 288 g/mol. The van der Waals surface area contributed by atoms with Gasteiger partial charge in [0.15, 0.2) is 11.6 Å². The van der Waals surface area contributed by atoms with E-state index in [1.54, 1.807) is 0 Å². The molecule has 2 aromatic carbocycles. The molecule has 6 heteroatoms. The number of carboxylic acid groups (broad SMARTS) is 2. The van der Waals surface area contributed by atoms with Gasteiger partial charge in [0.05, 0.1) is 11.1 Å². The van der Waals surface area contributed by atoms with E-state index in [-0.39, 0.29) is 33.4 Å². The molecule has 0 fully saturated rings. The summed E-state index contributed by atoms with van der Waals surface area (Å²) in [6, 6.07) is 7.57. The lowest BCUT2D eigenvalue weighted by Gasteiger charge is -2.19. The number of hydrogen-bond acceptors (Lipinski definition) is 4. The Bertz CT molecular complexity index is 874. The zero-order valence-electron chi connectivity index (χ0n) is 11.0. The maximum absolute atomic E-state index is 12.5. The summed E-state index contributed by atoms with van der Waals surface area (Å²) in [6.07, 6.45) is 0. The van der Waals surface area contributed by atoms with E-state index in [1.165, 1.54) is 30.3 Å². The Labute approximate surface area is 123 Å². The van der Waals surface area contributed by atoms with E-state index in [0.717, 1.165) is 6.07 Å². The van der Waals surface area contributed by atoms with Gasteiger partial charge < -0.3 is 10.2 Å². The van der Waals surface area contributed by atoms with Crippen molar-refractivity contribution in [3.05, 3.63) is 69.8 Å². The zero-order chi connectivity index (χ0) is 16.0. The molecule has 0 radical (unpaired) electrons. The van der Waals surface area contributed by atoms with E-state index >= 15 is 0 Å². The minimum atomic E-state index is -1.30. The van der Waals surface area contributed by atoms with E-state index in [9.17, 15) is 19.2 Å². The molecule has 0 heterocycles. The van der Waals surface area contributed by atoms with Gasteiger partial charge in [-0.3, -0.25) is 9.59 Å². The van der Waals surface area contributed by atoms with Gasteiger partial charge in [-0.1, -0.05) is 12.1 Å².